The van der Waals surface area contributed by atoms with Crippen molar-refractivity contribution >= 4 is 6.09 Å². The highest BCUT2D eigenvalue weighted by atomic mass is 16.4. The number of hydrogen-bond donors (Lipinski definition) is 2. The summed E-state index contributed by atoms with van der Waals surface area (Å²) in [5.74, 6) is 0. The molecule has 0 radical (unpaired) electrons. The van der Waals surface area contributed by atoms with Crippen molar-refractivity contribution in [2.75, 3.05) is 19.7 Å². The van der Waals surface area contributed by atoms with Crippen LogP contribution in [0.15, 0.2) is 11.6 Å². The van der Waals surface area contributed by atoms with Gasteiger partial charge in [-0.3, -0.25) is 0 Å². The van der Waals surface area contributed by atoms with Crippen LogP contribution >= 0.6 is 0 Å². The van der Waals surface area contributed by atoms with Crippen molar-refractivity contribution in [2.45, 2.75) is 20.3 Å². The van der Waals surface area contributed by atoms with Crippen LogP contribution in [-0.2, 0) is 0 Å². The van der Waals surface area contributed by atoms with Gasteiger partial charge < -0.3 is 15.1 Å². The van der Waals surface area contributed by atoms with Crippen molar-refractivity contribution in [1.82, 2.24) is 4.90 Å². The smallest absolute Gasteiger partial charge is 0.407 e. The van der Waals surface area contributed by atoms with E-state index in [0.29, 0.717) is 19.5 Å². The number of nitrogens with zero attached hydrogens (tertiary/aromatic N) is 1. The predicted molar refractivity (Wildman–Crippen MR) is 53.2 cm³/mol. The largest absolute Gasteiger partial charge is 0.465 e. The van der Waals surface area contributed by atoms with Gasteiger partial charge in [0.1, 0.15) is 0 Å². The summed E-state index contributed by atoms with van der Waals surface area (Å²) in [7, 11) is 0. The summed E-state index contributed by atoms with van der Waals surface area (Å²) >= 11 is 0. The number of carboxylic acid groups (broad SMARTS) is 1. The van der Waals surface area contributed by atoms with Crippen molar-refractivity contribution in [2.24, 2.45) is 5.41 Å². The summed E-state index contributed by atoms with van der Waals surface area (Å²) in [5.41, 5.74) is 0.997. The molecule has 0 unspecified atom stereocenters. The van der Waals surface area contributed by atoms with Gasteiger partial charge in [0.15, 0.2) is 0 Å². The topological polar surface area (TPSA) is 60.8 Å². The summed E-state index contributed by atoms with van der Waals surface area (Å²) in [5, 5.41) is 17.7. The normalized spacial score (nSPS) is 20.5. The molecular weight excluding hydrogens is 182 g/mol. The standard InChI is InChI=1S/C10H17NO3/c1-10(2)7-11(9(13)14)5-3-8(10)4-6-12/h3,12H,4-7H2,1-2H3,(H,13,14). The molecule has 1 aliphatic heterocycles. The van der Waals surface area contributed by atoms with E-state index >= 15 is 0 Å². The quantitative estimate of drug-likeness (QED) is 0.659. The molecule has 1 amide bonds. The molecule has 0 spiro atoms. The number of aliphatic hydroxyl groups is 1. The Hall–Kier alpha value is -1.03. The lowest BCUT2D eigenvalue weighted by atomic mass is 9.79. The molecule has 4 heteroatoms. The van der Waals surface area contributed by atoms with Crippen LogP contribution in [0.25, 0.3) is 0 Å². The monoisotopic (exact) mass is 199 g/mol. The molecule has 0 aliphatic carbocycles. The van der Waals surface area contributed by atoms with Gasteiger partial charge in [-0.2, -0.15) is 0 Å². The molecule has 0 fully saturated rings. The minimum Gasteiger partial charge on any atom is -0.465 e. The number of carbonyl (C=O) groups is 1. The summed E-state index contributed by atoms with van der Waals surface area (Å²) in [6, 6.07) is 0. The van der Waals surface area contributed by atoms with E-state index in [1.54, 1.807) is 0 Å². The zero-order chi connectivity index (χ0) is 10.8. The molecule has 0 aromatic heterocycles. The summed E-state index contributed by atoms with van der Waals surface area (Å²) in [6.45, 7) is 5.08. The second-order valence-corrected chi connectivity index (χ2v) is 4.25. The first-order valence-corrected chi connectivity index (χ1v) is 4.75. The van der Waals surface area contributed by atoms with E-state index in [1.807, 2.05) is 19.9 Å². The molecule has 4 nitrogen and oxygen atoms in total. The fourth-order valence-electron chi connectivity index (χ4n) is 1.85. The minimum absolute atomic E-state index is 0.127. The van der Waals surface area contributed by atoms with Crippen LogP contribution in [0.5, 0.6) is 0 Å². The van der Waals surface area contributed by atoms with E-state index in [1.165, 1.54) is 4.90 Å². The second kappa shape index (κ2) is 4.00. The molecule has 0 atom stereocenters. The maximum absolute atomic E-state index is 10.8. The number of aliphatic hydroxyl groups excluding tert-OH is 1. The molecule has 0 saturated carbocycles. The van der Waals surface area contributed by atoms with Crippen molar-refractivity contribution in [3.05, 3.63) is 11.6 Å². The lowest BCUT2D eigenvalue weighted by molar-refractivity contribution is 0.128. The highest BCUT2D eigenvalue weighted by molar-refractivity contribution is 5.65. The van der Waals surface area contributed by atoms with Gasteiger partial charge in [-0.25, -0.2) is 4.79 Å². The lowest BCUT2D eigenvalue weighted by Gasteiger charge is -2.37. The molecule has 80 valence electrons. The van der Waals surface area contributed by atoms with Crippen molar-refractivity contribution < 1.29 is 15.0 Å². The fourth-order valence-corrected chi connectivity index (χ4v) is 1.85. The van der Waals surface area contributed by atoms with Gasteiger partial charge in [0.2, 0.25) is 0 Å². The van der Waals surface area contributed by atoms with Crippen LogP contribution in [0.1, 0.15) is 20.3 Å². The molecule has 0 bridgehead atoms. The molecular formula is C10H17NO3. The average Bonchev–Trinajstić information content (AvgIpc) is 2.08. The minimum atomic E-state index is -0.877. The molecule has 0 aromatic carbocycles. The summed E-state index contributed by atoms with van der Waals surface area (Å²) < 4.78 is 0. The number of amides is 1. The van der Waals surface area contributed by atoms with Crippen LogP contribution < -0.4 is 0 Å². The zero-order valence-electron chi connectivity index (χ0n) is 8.66. The maximum Gasteiger partial charge on any atom is 0.407 e. The van der Waals surface area contributed by atoms with Crippen molar-refractivity contribution in [1.29, 1.82) is 0 Å². The van der Waals surface area contributed by atoms with Gasteiger partial charge in [-0.05, 0) is 6.42 Å². The number of rotatable bonds is 2. The second-order valence-electron chi connectivity index (χ2n) is 4.25. The average molecular weight is 199 g/mol. The van der Waals surface area contributed by atoms with Gasteiger partial charge in [0.05, 0.1) is 0 Å². The Morgan fingerprint density at radius 3 is 2.71 bits per heavy atom. The van der Waals surface area contributed by atoms with E-state index in [9.17, 15) is 4.79 Å². The van der Waals surface area contributed by atoms with E-state index in [2.05, 4.69) is 0 Å². The first-order valence-electron chi connectivity index (χ1n) is 4.75. The first-order chi connectivity index (χ1) is 6.47. The molecule has 1 heterocycles. The van der Waals surface area contributed by atoms with Crippen LogP contribution in [0, 0.1) is 5.41 Å². The van der Waals surface area contributed by atoms with E-state index < -0.39 is 6.09 Å². The molecule has 14 heavy (non-hydrogen) atoms. The van der Waals surface area contributed by atoms with Gasteiger partial charge in [-0.1, -0.05) is 25.5 Å². The Morgan fingerprint density at radius 2 is 2.29 bits per heavy atom. The van der Waals surface area contributed by atoms with Gasteiger partial charge in [0, 0.05) is 25.1 Å². The molecule has 0 aromatic rings. The van der Waals surface area contributed by atoms with Crippen LogP contribution in [0.2, 0.25) is 0 Å². The Labute approximate surface area is 83.8 Å². The Morgan fingerprint density at radius 1 is 1.64 bits per heavy atom. The maximum atomic E-state index is 10.8. The molecule has 0 saturated heterocycles. The lowest BCUT2D eigenvalue weighted by Crippen LogP contribution is -2.42. The Bertz CT molecular complexity index is 258. The van der Waals surface area contributed by atoms with Crippen LogP contribution in [0.4, 0.5) is 4.79 Å². The van der Waals surface area contributed by atoms with Crippen LogP contribution in [0.3, 0.4) is 0 Å². The summed E-state index contributed by atoms with van der Waals surface area (Å²) in [6.07, 6.45) is 1.67. The highest BCUT2D eigenvalue weighted by Crippen LogP contribution is 2.32. The van der Waals surface area contributed by atoms with E-state index in [0.717, 1.165) is 5.57 Å². The third-order valence-corrected chi connectivity index (χ3v) is 2.67. The van der Waals surface area contributed by atoms with Gasteiger partial charge in [-0.15, -0.1) is 0 Å². The van der Waals surface area contributed by atoms with Gasteiger partial charge in [0.25, 0.3) is 0 Å². The SMILES string of the molecule is CC1(C)CN(C(=O)O)CC=C1CCO. The third kappa shape index (κ3) is 2.26. The Kier molecular flexibility index (Phi) is 3.16. The Balaban J connectivity index is 2.76. The third-order valence-electron chi connectivity index (χ3n) is 2.67. The van der Waals surface area contributed by atoms with Crippen molar-refractivity contribution in [3.63, 3.8) is 0 Å². The first kappa shape index (κ1) is 11.0. The molecule has 1 rings (SSSR count). The van der Waals surface area contributed by atoms with Crippen molar-refractivity contribution in [3.8, 4) is 0 Å². The summed E-state index contributed by atoms with van der Waals surface area (Å²) in [4.78, 5) is 12.1. The predicted octanol–water partition coefficient (Wildman–Crippen LogP) is 1.31. The van der Waals surface area contributed by atoms with Gasteiger partial charge >= 0.3 is 6.09 Å². The zero-order valence-corrected chi connectivity index (χ0v) is 8.66. The number of hydrogen-bond acceptors (Lipinski definition) is 2. The highest BCUT2D eigenvalue weighted by Gasteiger charge is 2.31. The molecule has 1 aliphatic rings. The molecule has 2 N–H and O–H groups in total. The van der Waals surface area contributed by atoms with E-state index in [-0.39, 0.29) is 12.0 Å². The van der Waals surface area contributed by atoms with Crippen LogP contribution in [-0.4, -0.2) is 40.9 Å². The fraction of sp³-hybridized carbons (Fsp3) is 0.700. The van der Waals surface area contributed by atoms with E-state index in [4.69, 9.17) is 10.2 Å².